The number of unbranched alkanes of at least 4 members (excludes halogenated alkanes) is 21. The summed E-state index contributed by atoms with van der Waals surface area (Å²) in [6, 6.07) is -0.769. The Labute approximate surface area is 352 Å². The lowest BCUT2D eigenvalue weighted by atomic mass is 10.0. The second-order valence-electron chi connectivity index (χ2n) is 17.1. The molecule has 3 N–H and O–H groups in total. The van der Waals surface area contributed by atoms with E-state index in [9.17, 15) is 19.4 Å². The summed E-state index contributed by atoms with van der Waals surface area (Å²) in [6.07, 6.45) is 49.9. The van der Waals surface area contributed by atoms with E-state index in [2.05, 4.69) is 67.8 Å². The smallest absolute Gasteiger partial charge is 0.391 e. The van der Waals surface area contributed by atoms with Crippen LogP contribution in [-0.2, 0) is 18.4 Å². The highest BCUT2D eigenvalue weighted by molar-refractivity contribution is 7.47. The van der Waals surface area contributed by atoms with Gasteiger partial charge in [0.25, 0.3) is 0 Å². The van der Waals surface area contributed by atoms with Crippen LogP contribution < -0.4 is 5.32 Å². The van der Waals surface area contributed by atoms with Crippen LogP contribution in [0.2, 0.25) is 0 Å². The number of nitrogens with zero attached hydrogens (tertiary/aromatic N) is 1. The van der Waals surface area contributed by atoms with Gasteiger partial charge in [0.15, 0.2) is 0 Å². The lowest BCUT2D eigenvalue weighted by Gasteiger charge is -2.26. The molecule has 1 amide bonds. The number of phosphoric acid groups is 1. The highest BCUT2D eigenvalue weighted by atomic mass is 31.2. The van der Waals surface area contributed by atoms with Gasteiger partial charge in [0.2, 0.25) is 5.91 Å². The number of aliphatic hydroxyl groups is 1. The van der Waals surface area contributed by atoms with Crippen LogP contribution in [0.25, 0.3) is 0 Å². The van der Waals surface area contributed by atoms with Gasteiger partial charge in [-0.1, -0.05) is 191 Å². The highest BCUT2D eigenvalue weighted by Crippen LogP contribution is 2.43. The molecule has 3 unspecified atom stereocenters. The van der Waals surface area contributed by atoms with E-state index in [1.165, 1.54) is 96.3 Å². The summed E-state index contributed by atoms with van der Waals surface area (Å²) < 4.78 is 23.7. The number of likely N-dealkylation sites (N-methyl/N-ethyl adjacent to an activating group) is 1. The fourth-order valence-corrected chi connectivity index (χ4v) is 7.36. The first kappa shape index (κ1) is 55.5. The van der Waals surface area contributed by atoms with Crippen LogP contribution in [0.3, 0.4) is 0 Å². The summed E-state index contributed by atoms with van der Waals surface area (Å²) in [5.41, 5.74) is 0. The molecule has 0 fully saturated rings. The molecule has 0 aromatic carbocycles. The molecule has 0 aliphatic rings. The predicted octanol–water partition coefficient (Wildman–Crippen LogP) is 13.2. The molecule has 57 heavy (non-hydrogen) atoms. The maximum absolute atomic E-state index is 12.9. The quantitative estimate of drug-likeness (QED) is 0.0245. The minimum absolute atomic E-state index is 0.0699. The average molecular weight is 824 g/mol. The van der Waals surface area contributed by atoms with Crippen molar-refractivity contribution in [2.45, 2.75) is 212 Å². The van der Waals surface area contributed by atoms with E-state index in [-0.39, 0.29) is 19.1 Å². The summed E-state index contributed by atoms with van der Waals surface area (Å²) in [5, 5.41) is 14.0. The molecule has 0 bridgehead atoms. The second kappa shape index (κ2) is 39.9. The molecule has 0 radical (unpaired) electrons. The molecule has 334 valence electrons. The van der Waals surface area contributed by atoms with Crippen molar-refractivity contribution in [3.05, 3.63) is 48.6 Å². The Morgan fingerprint density at radius 1 is 0.614 bits per heavy atom. The van der Waals surface area contributed by atoms with E-state index in [1.807, 2.05) is 21.1 Å². The van der Waals surface area contributed by atoms with Gasteiger partial charge in [0.05, 0.1) is 39.9 Å². The number of phosphoric ester groups is 1. The Kier molecular flexibility index (Phi) is 38.8. The van der Waals surface area contributed by atoms with E-state index in [1.54, 1.807) is 0 Å². The van der Waals surface area contributed by atoms with E-state index in [0.29, 0.717) is 23.9 Å². The van der Waals surface area contributed by atoms with Gasteiger partial charge in [-0.3, -0.25) is 13.8 Å². The first-order valence-corrected chi connectivity index (χ1v) is 25.0. The van der Waals surface area contributed by atoms with Gasteiger partial charge >= 0.3 is 7.82 Å². The monoisotopic (exact) mass is 824 g/mol. The summed E-state index contributed by atoms with van der Waals surface area (Å²) in [7, 11) is 1.60. The number of rotatable bonds is 42. The van der Waals surface area contributed by atoms with Crippen molar-refractivity contribution in [3.63, 3.8) is 0 Å². The molecule has 3 atom stereocenters. The number of hydrogen-bond acceptors (Lipinski definition) is 5. The van der Waals surface area contributed by atoms with Crippen molar-refractivity contribution in [3.8, 4) is 0 Å². The van der Waals surface area contributed by atoms with Crippen LogP contribution in [0.5, 0.6) is 0 Å². The van der Waals surface area contributed by atoms with Gasteiger partial charge in [0, 0.05) is 6.42 Å². The summed E-state index contributed by atoms with van der Waals surface area (Å²) in [4.78, 5) is 23.2. The first-order valence-electron chi connectivity index (χ1n) is 23.5. The van der Waals surface area contributed by atoms with Crippen molar-refractivity contribution in [2.24, 2.45) is 0 Å². The van der Waals surface area contributed by atoms with Gasteiger partial charge in [0.1, 0.15) is 13.2 Å². The van der Waals surface area contributed by atoms with Crippen LogP contribution in [0.4, 0.5) is 0 Å². The molecule has 0 rings (SSSR count). The molecule has 0 saturated carbocycles. The third-order valence-electron chi connectivity index (χ3n) is 10.3. The lowest BCUT2D eigenvalue weighted by molar-refractivity contribution is -0.870. The zero-order valence-corrected chi connectivity index (χ0v) is 38.7. The van der Waals surface area contributed by atoms with Gasteiger partial charge in [-0.25, -0.2) is 4.57 Å². The van der Waals surface area contributed by atoms with Crippen LogP contribution in [0, 0.1) is 0 Å². The third-order valence-corrected chi connectivity index (χ3v) is 11.3. The number of carbonyl (C=O) groups excluding carboxylic acids is 1. The Morgan fingerprint density at radius 2 is 1.05 bits per heavy atom. The first-order chi connectivity index (χ1) is 27.5. The Morgan fingerprint density at radius 3 is 1.54 bits per heavy atom. The van der Waals surface area contributed by atoms with Crippen LogP contribution >= 0.6 is 7.82 Å². The minimum atomic E-state index is -4.32. The van der Waals surface area contributed by atoms with E-state index >= 15 is 0 Å². The van der Waals surface area contributed by atoms with E-state index in [0.717, 1.165) is 77.0 Å². The Hall–Kier alpha value is -1.54. The zero-order chi connectivity index (χ0) is 42.1. The SMILES string of the molecule is CC/C=C\C/C=C\C/C=C\C/C=C\CCCCCCCCC(=O)NC(COP(=O)(O)OCC[N+](C)(C)C)C(O)CCCCCCCCCCCCCCCCCC. The maximum atomic E-state index is 12.9. The minimum Gasteiger partial charge on any atom is -0.391 e. The fraction of sp³-hybridized carbons (Fsp3) is 0.812. The van der Waals surface area contributed by atoms with Gasteiger partial charge in [-0.2, -0.15) is 0 Å². The summed E-state index contributed by atoms with van der Waals surface area (Å²) in [6.45, 7) is 4.76. The molecule has 0 spiro atoms. The molecular formula is C48H92N2O6P+. The molecule has 0 aliphatic heterocycles. The number of nitrogens with one attached hydrogen (secondary N) is 1. The van der Waals surface area contributed by atoms with Crippen molar-refractivity contribution in [2.75, 3.05) is 40.9 Å². The number of amides is 1. The molecule has 0 aromatic rings. The molecule has 0 heterocycles. The van der Waals surface area contributed by atoms with E-state index < -0.39 is 20.0 Å². The number of allylic oxidation sites excluding steroid dienone is 8. The molecular weight excluding hydrogens is 732 g/mol. The standard InChI is InChI=1S/C48H91N2O6P/c1-6-8-10-12-14-16-18-20-22-24-25-26-28-30-32-34-36-38-40-42-48(52)49-46(45-56-57(53,54)55-44-43-50(3,4)5)47(51)41-39-37-35-33-31-29-27-23-21-19-17-15-13-11-9-7-2/h8,10,14,16,20,22,25-26,46-47,51H,6-7,9,11-13,15,17-19,21,23-24,27-45H2,1-5H3,(H-,49,52,53,54)/p+1/b10-8-,16-14-,22-20-,26-25-. The maximum Gasteiger partial charge on any atom is 0.472 e. The average Bonchev–Trinajstić information content (AvgIpc) is 3.16. The summed E-state index contributed by atoms with van der Waals surface area (Å²) in [5.74, 6) is -0.160. The molecule has 8 nitrogen and oxygen atoms in total. The van der Waals surface area contributed by atoms with Crippen molar-refractivity contribution < 1.29 is 32.9 Å². The number of quaternary nitrogens is 1. The molecule has 9 heteroatoms. The highest BCUT2D eigenvalue weighted by Gasteiger charge is 2.28. The second-order valence-corrected chi connectivity index (χ2v) is 18.6. The van der Waals surface area contributed by atoms with Gasteiger partial charge in [-0.15, -0.1) is 0 Å². The van der Waals surface area contributed by atoms with E-state index in [4.69, 9.17) is 9.05 Å². The fourth-order valence-electron chi connectivity index (χ4n) is 6.62. The van der Waals surface area contributed by atoms with Crippen LogP contribution in [0.1, 0.15) is 200 Å². The normalized spacial score (nSPS) is 14.7. The number of carbonyl (C=O) groups is 1. The van der Waals surface area contributed by atoms with Crippen molar-refractivity contribution >= 4 is 13.7 Å². The van der Waals surface area contributed by atoms with Gasteiger partial charge in [-0.05, 0) is 51.4 Å². The number of aliphatic hydroxyl groups excluding tert-OH is 1. The largest absolute Gasteiger partial charge is 0.472 e. The lowest BCUT2D eigenvalue weighted by Crippen LogP contribution is -2.46. The zero-order valence-electron chi connectivity index (χ0n) is 37.8. The molecule has 0 aliphatic carbocycles. The Balaban J connectivity index is 4.36. The van der Waals surface area contributed by atoms with Crippen molar-refractivity contribution in [1.82, 2.24) is 5.32 Å². The topological polar surface area (TPSA) is 105 Å². The predicted molar refractivity (Wildman–Crippen MR) is 244 cm³/mol. The van der Waals surface area contributed by atoms with Crippen LogP contribution in [-0.4, -0.2) is 73.4 Å². The molecule has 0 aromatic heterocycles. The Bertz CT molecular complexity index is 1070. The van der Waals surface area contributed by atoms with Crippen LogP contribution in [0.15, 0.2) is 48.6 Å². The van der Waals surface area contributed by atoms with Gasteiger partial charge < -0.3 is 19.8 Å². The third kappa shape index (κ3) is 42.4. The summed E-state index contributed by atoms with van der Waals surface area (Å²) >= 11 is 0. The number of hydrogen-bond donors (Lipinski definition) is 3. The van der Waals surface area contributed by atoms with Crippen molar-refractivity contribution in [1.29, 1.82) is 0 Å². The molecule has 0 saturated heterocycles.